The molecule has 0 N–H and O–H groups in total. The van der Waals surface area contributed by atoms with Crippen LogP contribution in [0, 0.1) is 11.3 Å². The van der Waals surface area contributed by atoms with Crippen LogP contribution < -0.4 is 4.90 Å². The van der Waals surface area contributed by atoms with Gasteiger partial charge in [0, 0.05) is 11.4 Å². The molecule has 0 unspecified atom stereocenters. The monoisotopic (exact) mass is 270 g/mol. The molecule has 0 saturated heterocycles. The number of carbonyl (C=O) groups is 1. The molecule has 0 saturated carbocycles. The zero-order chi connectivity index (χ0) is 13.7. The molecule has 0 aliphatic rings. The molecule has 0 aliphatic carbocycles. The van der Waals surface area contributed by atoms with Crippen molar-refractivity contribution in [2.75, 3.05) is 10.8 Å². The van der Waals surface area contributed by atoms with Gasteiger partial charge in [0.05, 0.1) is 11.6 Å². The first-order chi connectivity index (χ1) is 9.26. The molecular formula is C15H11ClN2O. The van der Waals surface area contributed by atoms with E-state index in [2.05, 4.69) is 0 Å². The lowest BCUT2D eigenvalue weighted by molar-refractivity contribution is -0.115. The summed E-state index contributed by atoms with van der Waals surface area (Å²) in [6.45, 7) is 0. The Labute approximate surface area is 116 Å². The Morgan fingerprint density at radius 2 is 1.63 bits per heavy atom. The molecule has 0 aliphatic heterocycles. The Balaban J connectivity index is 2.43. The fraction of sp³-hybridized carbons (Fsp3) is 0.0667. The number of halogens is 1. The van der Waals surface area contributed by atoms with Gasteiger partial charge in [-0.3, -0.25) is 9.69 Å². The number of amides is 1. The van der Waals surface area contributed by atoms with Gasteiger partial charge in [0.1, 0.15) is 5.88 Å². The van der Waals surface area contributed by atoms with Crippen molar-refractivity contribution in [2.24, 2.45) is 0 Å². The lowest BCUT2D eigenvalue weighted by Crippen LogP contribution is -2.26. The number of hydrogen-bond acceptors (Lipinski definition) is 2. The summed E-state index contributed by atoms with van der Waals surface area (Å²) in [6.07, 6.45) is 0. The van der Waals surface area contributed by atoms with Crippen molar-refractivity contribution in [3.05, 3.63) is 60.2 Å². The number of carbonyl (C=O) groups excluding carboxylic acids is 1. The third-order valence-corrected chi connectivity index (χ3v) is 2.86. The summed E-state index contributed by atoms with van der Waals surface area (Å²) in [4.78, 5) is 13.5. The van der Waals surface area contributed by atoms with Gasteiger partial charge in [-0.1, -0.05) is 18.2 Å². The van der Waals surface area contributed by atoms with E-state index in [4.69, 9.17) is 16.9 Å². The van der Waals surface area contributed by atoms with Crippen molar-refractivity contribution in [3.8, 4) is 6.07 Å². The standard InChI is InChI=1S/C15H11ClN2O/c16-10-15(19)18(13-4-2-1-3-5-13)14-8-6-12(11-17)7-9-14/h1-9H,10H2. The van der Waals surface area contributed by atoms with Crippen LogP contribution in [0.15, 0.2) is 54.6 Å². The molecule has 0 spiro atoms. The Bertz CT molecular complexity index is 602. The number of hydrogen-bond donors (Lipinski definition) is 0. The van der Waals surface area contributed by atoms with Crippen LogP contribution in [0.4, 0.5) is 11.4 Å². The topological polar surface area (TPSA) is 44.1 Å². The van der Waals surface area contributed by atoms with Crippen molar-refractivity contribution >= 4 is 28.9 Å². The van der Waals surface area contributed by atoms with Gasteiger partial charge < -0.3 is 0 Å². The third-order valence-electron chi connectivity index (χ3n) is 2.63. The largest absolute Gasteiger partial charge is 0.280 e. The van der Waals surface area contributed by atoms with Crippen molar-refractivity contribution in [1.82, 2.24) is 0 Å². The van der Waals surface area contributed by atoms with Gasteiger partial charge in [-0.25, -0.2) is 0 Å². The molecule has 0 radical (unpaired) electrons. The van der Waals surface area contributed by atoms with E-state index in [0.717, 1.165) is 5.69 Å². The SMILES string of the molecule is N#Cc1ccc(N(C(=O)CCl)c2ccccc2)cc1. The number of alkyl halides is 1. The number of rotatable bonds is 3. The highest BCUT2D eigenvalue weighted by Gasteiger charge is 2.16. The predicted molar refractivity (Wildman–Crippen MR) is 75.5 cm³/mol. The first-order valence-electron chi connectivity index (χ1n) is 5.70. The average molecular weight is 271 g/mol. The quantitative estimate of drug-likeness (QED) is 0.802. The normalized spacial score (nSPS) is 9.68. The van der Waals surface area contributed by atoms with Crippen molar-refractivity contribution in [2.45, 2.75) is 0 Å². The maximum atomic E-state index is 12.0. The minimum atomic E-state index is -0.211. The van der Waals surface area contributed by atoms with E-state index in [1.54, 1.807) is 24.3 Å². The first-order valence-corrected chi connectivity index (χ1v) is 6.24. The summed E-state index contributed by atoms with van der Waals surface area (Å²) in [5, 5.41) is 8.79. The third kappa shape index (κ3) is 2.93. The van der Waals surface area contributed by atoms with Gasteiger partial charge in [-0.15, -0.1) is 11.6 Å². The molecule has 0 aromatic heterocycles. The average Bonchev–Trinajstić information content (AvgIpc) is 2.49. The maximum absolute atomic E-state index is 12.0. The number of para-hydroxylation sites is 1. The van der Waals surface area contributed by atoms with Crippen LogP contribution in [0.25, 0.3) is 0 Å². The number of anilines is 2. The van der Waals surface area contributed by atoms with Crippen molar-refractivity contribution < 1.29 is 4.79 Å². The van der Waals surface area contributed by atoms with E-state index in [1.165, 1.54) is 4.90 Å². The Morgan fingerprint density at radius 3 is 2.16 bits per heavy atom. The van der Waals surface area contributed by atoms with E-state index in [-0.39, 0.29) is 11.8 Å². The zero-order valence-electron chi connectivity index (χ0n) is 10.1. The summed E-state index contributed by atoms with van der Waals surface area (Å²) in [6, 6.07) is 18.1. The molecule has 19 heavy (non-hydrogen) atoms. The molecule has 0 atom stereocenters. The Kier molecular flexibility index (Phi) is 4.17. The van der Waals surface area contributed by atoms with E-state index in [0.29, 0.717) is 11.3 Å². The number of nitriles is 1. The molecule has 2 aromatic carbocycles. The summed E-state index contributed by atoms with van der Waals surface area (Å²) >= 11 is 5.66. The molecule has 2 aromatic rings. The van der Waals surface area contributed by atoms with Crippen LogP contribution in [0.2, 0.25) is 0 Å². The molecule has 1 amide bonds. The highest BCUT2D eigenvalue weighted by molar-refractivity contribution is 6.30. The van der Waals surface area contributed by atoms with Gasteiger partial charge in [-0.05, 0) is 36.4 Å². The van der Waals surface area contributed by atoms with E-state index in [1.807, 2.05) is 36.4 Å². The van der Waals surface area contributed by atoms with Gasteiger partial charge in [-0.2, -0.15) is 5.26 Å². The van der Waals surface area contributed by atoms with Crippen LogP contribution in [-0.2, 0) is 4.79 Å². The van der Waals surface area contributed by atoms with Crippen LogP contribution in [0.5, 0.6) is 0 Å². The summed E-state index contributed by atoms with van der Waals surface area (Å²) in [5.74, 6) is -0.313. The van der Waals surface area contributed by atoms with Crippen molar-refractivity contribution in [3.63, 3.8) is 0 Å². The van der Waals surface area contributed by atoms with Crippen LogP contribution >= 0.6 is 11.6 Å². The fourth-order valence-corrected chi connectivity index (χ4v) is 1.88. The van der Waals surface area contributed by atoms with Crippen LogP contribution in [0.3, 0.4) is 0 Å². The fourth-order valence-electron chi connectivity index (χ4n) is 1.76. The second kappa shape index (κ2) is 6.03. The van der Waals surface area contributed by atoms with Gasteiger partial charge in [0.15, 0.2) is 0 Å². The van der Waals surface area contributed by atoms with Gasteiger partial charge in [0.25, 0.3) is 0 Å². The molecule has 2 rings (SSSR count). The highest BCUT2D eigenvalue weighted by Crippen LogP contribution is 2.25. The maximum Gasteiger partial charge on any atom is 0.246 e. The summed E-state index contributed by atoms with van der Waals surface area (Å²) in [5.41, 5.74) is 1.99. The lowest BCUT2D eigenvalue weighted by Gasteiger charge is -2.22. The van der Waals surface area contributed by atoms with Crippen molar-refractivity contribution in [1.29, 1.82) is 5.26 Å². The smallest absolute Gasteiger partial charge is 0.246 e. The van der Waals surface area contributed by atoms with E-state index in [9.17, 15) is 4.79 Å². The zero-order valence-corrected chi connectivity index (χ0v) is 10.8. The summed E-state index contributed by atoms with van der Waals surface area (Å²) < 4.78 is 0. The van der Waals surface area contributed by atoms with Gasteiger partial charge >= 0.3 is 0 Å². The molecule has 0 heterocycles. The molecule has 0 bridgehead atoms. The number of nitrogens with zero attached hydrogens (tertiary/aromatic N) is 2. The lowest BCUT2D eigenvalue weighted by atomic mass is 10.2. The minimum absolute atomic E-state index is 0.102. The first kappa shape index (κ1) is 13.1. The molecule has 4 heteroatoms. The molecule has 0 fully saturated rings. The Morgan fingerprint density at radius 1 is 1.05 bits per heavy atom. The second-order valence-electron chi connectivity index (χ2n) is 3.86. The molecule has 3 nitrogen and oxygen atoms in total. The highest BCUT2D eigenvalue weighted by atomic mass is 35.5. The van der Waals surface area contributed by atoms with Gasteiger partial charge in [0.2, 0.25) is 5.91 Å². The predicted octanol–water partition coefficient (Wildman–Crippen LogP) is 3.46. The number of benzene rings is 2. The second-order valence-corrected chi connectivity index (χ2v) is 4.12. The summed E-state index contributed by atoms with van der Waals surface area (Å²) in [7, 11) is 0. The Hall–Kier alpha value is -2.31. The van der Waals surface area contributed by atoms with Crippen LogP contribution in [0.1, 0.15) is 5.56 Å². The van der Waals surface area contributed by atoms with E-state index >= 15 is 0 Å². The van der Waals surface area contributed by atoms with Crippen LogP contribution in [-0.4, -0.2) is 11.8 Å². The molecule has 94 valence electrons. The minimum Gasteiger partial charge on any atom is -0.280 e. The molecular weight excluding hydrogens is 260 g/mol. The van der Waals surface area contributed by atoms with E-state index < -0.39 is 0 Å².